The van der Waals surface area contributed by atoms with E-state index in [1.807, 2.05) is 0 Å². The van der Waals surface area contributed by atoms with Crippen molar-refractivity contribution in [1.29, 1.82) is 0 Å². The Bertz CT molecular complexity index is 33.8. The summed E-state index contributed by atoms with van der Waals surface area (Å²) in [6.45, 7) is 0. The van der Waals surface area contributed by atoms with Crippen molar-refractivity contribution in [3.05, 3.63) is 10.1 Å². The molecule has 0 aliphatic heterocycles. The molecule has 0 bridgehead atoms. The topological polar surface area (TPSA) is 63.4 Å². The predicted octanol–water partition coefficient (Wildman–Crippen LogP) is -2.18. The number of nitrogens with zero attached hydrogens (tertiary/aromatic N) is 1. The minimum absolute atomic E-state index is 0. The maximum atomic E-state index is 8.36. The summed E-state index contributed by atoms with van der Waals surface area (Å²) in [6.07, 6.45) is 0. The molecule has 32 valence electrons. The van der Waals surface area contributed by atoms with Crippen LogP contribution in [0.25, 0.3) is 0 Å². The van der Waals surface area contributed by atoms with E-state index >= 15 is 0 Å². The fraction of sp³-hybridized carbons (Fsp3) is 0. The number of hydrogen-bond donors (Lipinski definition) is 1. The minimum atomic E-state index is -1.50. The molecule has 0 rings (SSSR count). The summed E-state index contributed by atoms with van der Waals surface area (Å²) >= 11 is 0. The van der Waals surface area contributed by atoms with Crippen molar-refractivity contribution >= 4 is 55.4 Å². The molecular weight excluding hydrogens is 200 g/mol. The van der Waals surface area contributed by atoms with E-state index in [9.17, 15) is 0 Å². The molecule has 1 N–H and O–H groups in total. The van der Waals surface area contributed by atoms with Crippen LogP contribution in [0.3, 0.4) is 0 Å². The molecule has 0 fully saturated rings. The molecule has 0 atom stereocenters. The van der Waals surface area contributed by atoms with E-state index in [1.165, 1.54) is 0 Å². The summed E-state index contributed by atoms with van der Waals surface area (Å²) in [4.78, 5) is 8.36. The van der Waals surface area contributed by atoms with Crippen molar-refractivity contribution < 1.29 is 10.3 Å². The van der Waals surface area contributed by atoms with E-state index in [0.717, 1.165) is 0 Å². The van der Waals surface area contributed by atoms with Gasteiger partial charge in [-0.2, -0.15) is 0 Å². The molecule has 0 aromatic carbocycles. The Labute approximate surface area is 75.1 Å². The Morgan fingerprint density at radius 1 is 1.67 bits per heavy atom. The van der Waals surface area contributed by atoms with Gasteiger partial charge in [0.2, 0.25) is 0 Å². The summed E-state index contributed by atoms with van der Waals surface area (Å²) in [5, 5.41) is 13.6. The van der Waals surface area contributed by atoms with Crippen LogP contribution < -0.4 is 0 Å². The Morgan fingerprint density at radius 3 is 1.67 bits per heavy atom. The Morgan fingerprint density at radius 2 is 1.67 bits per heavy atom. The first-order valence-corrected chi connectivity index (χ1v) is 0.565. The van der Waals surface area contributed by atoms with E-state index in [0.29, 0.717) is 0 Å². The van der Waals surface area contributed by atoms with Crippen LogP contribution in [0, 0.1) is 10.1 Å². The van der Waals surface area contributed by atoms with Gasteiger partial charge in [0.15, 0.2) is 0 Å². The van der Waals surface area contributed by atoms with Crippen LogP contribution in [-0.2, 0) is 0 Å². The molecule has 0 spiro atoms. The SMILES string of the molecule is O=[N+]([O-])O.[InH3].[NaH]. The van der Waals surface area contributed by atoms with Crippen LogP contribution in [0.2, 0.25) is 0 Å². The third-order valence-electron chi connectivity index (χ3n) is 0. The monoisotopic (exact) mass is 205 g/mol. The second kappa shape index (κ2) is 9.42. The zero-order valence-corrected chi connectivity index (χ0v) is 1.71. The molecule has 0 aromatic heterocycles. The second-order valence-corrected chi connectivity index (χ2v) is 0.238. The third-order valence-corrected chi connectivity index (χ3v) is 0. The van der Waals surface area contributed by atoms with Gasteiger partial charge in [0, 0.05) is 0 Å². The van der Waals surface area contributed by atoms with Gasteiger partial charge in [0.05, 0.1) is 0 Å². The van der Waals surface area contributed by atoms with Crippen LogP contribution in [0.4, 0.5) is 0 Å². The van der Waals surface area contributed by atoms with Crippen LogP contribution >= 0.6 is 0 Å². The zero-order valence-electron chi connectivity index (χ0n) is 1.71. The first-order valence-electron chi connectivity index (χ1n) is 0.565. The molecule has 0 amide bonds. The molecule has 6 heavy (non-hydrogen) atoms. The van der Waals surface area contributed by atoms with Crippen LogP contribution in [0.15, 0.2) is 0 Å². The Kier molecular flexibility index (Phi) is 24.7. The maximum absolute atomic E-state index is 8.36. The van der Waals surface area contributed by atoms with Gasteiger partial charge in [0.25, 0.3) is 5.09 Å². The van der Waals surface area contributed by atoms with E-state index < -0.39 is 5.09 Å². The van der Waals surface area contributed by atoms with Gasteiger partial charge in [-0.15, -0.1) is 10.1 Å². The van der Waals surface area contributed by atoms with E-state index in [-0.39, 0.29) is 55.4 Å². The summed E-state index contributed by atoms with van der Waals surface area (Å²) in [7, 11) is 0. The molecule has 0 heterocycles. The first kappa shape index (κ1) is 15.7. The van der Waals surface area contributed by atoms with Crippen LogP contribution in [-0.4, -0.2) is 65.7 Å². The fourth-order valence-electron chi connectivity index (χ4n) is 0. The molecule has 0 saturated heterocycles. The van der Waals surface area contributed by atoms with E-state index in [2.05, 4.69) is 0 Å². The van der Waals surface area contributed by atoms with Gasteiger partial charge < -0.3 is 5.21 Å². The standard InChI is InChI=1S/In.HNO3.Na.4H/c;2-1(3)4;;;;;/h;(H,2,3,4);;;;;. The van der Waals surface area contributed by atoms with Crippen molar-refractivity contribution in [2.24, 2.45) is 0 Å². The predicted molar refractivity (Wildman–Crippen MR) is 25.9 cm³/mol. The van der Waals surface area contributed by atoms with E-state index in [1.54, 1.807) is 0 Å². The zero-order chi connectivity index (χ0) is 3.58. The quantitative estimate of drug-likeness (QED) is 0.277. The van der Waals surface area contributed by atoms with Crippen molar-refractivity contribution in [3.8, 4) is 0 Å². The van der Waals surface area contributed by atoms with E-state index in [4.69, 9.17) is 15.3 Å². The Balaban J connectivity index is -0.0000000450. The summed E-state index contributed by atoms with van der Waals surface area (Å²) in [5.74, 6) is 0. The molecule has 0 aliphatic rings. The molecule has 0 aliphatic carbocycles. The molecule has 4 nitrogen and oxygen atoms in total. The molecule has 0 saturated carbocycles. The Hall–Kier alpha value is 1.07. The van der Waals surface area contributed by atoms with Crippen molar-refractivity contribution in [2.45, 2.75) is 0 Å². The van der Waals surface area contributed by atoms with Crippen LogP contribution in [0.1, 0.15) is 0 Å². The first-order chi connectivity index (χ1) is 1.73. The van der Waals surface area contributed by atoms with Gasteiger partial charge in [0.1, 0.15) is 0 Å². The molecular formula is H5InNNaO3. The third kappa shape index (κ3) is 73.3. The van der Waals surface area contributed by atoms with Gasteiger partial charge >= 0.3 is 55.4 Å². The average molecular weight is 205 g/mol. The van der Waals surface area contributed by atoms with Crippen molar-refractivity contribution in [3.63, 3.8) is 0 Å². The second-order valence-electron chi connectivity index (χ2n) is 0.238. The summed E-state index contributed by atoms with van der Waals surface area (Å²) in [6, 6.07) is 0. The number of hydrogen-bond acceptors (Lipinski definition) is 2. The summed E-state index contributed by atoms with van der Waals surface area (Å²) in [5.41, 5.74) is 0. The molecule has 0 unspecified atom stereocenters. The molecule has 0 radical (unpaired) electrons. The van der Waals surface area contributed by atoms with Gasteiger partial charge in [-0.1, -0.05) is 0 Å². The molecule has 6 heteroatoms. The van der Waals surface area contributed by atoms with Crippen LogP contribution in [0.5, 0.6) is 0 Å². The normalized spacial score (nSPS) is 4.00. The summed E-state index contributed by atoms with van der Waals surface area (Å²) < 4.78 is 0. The van der Waals surface area contributed by atoms with Crippen molar-refractivity contribution in [2.75, 3.05) is 0 Å². The average Bonchev–Trinajstić information content (AvgIpc) is 0.811. The number of rotatable bonds is 0. The van der Waals surface area contributed by atoms with Gasteiger partial charge in [-0.3, -0.25) is 0 Å². The molecule has 0 aromatic rings. The van der Waals surface area contributed by atoms with Gasteiger partial charge in [-0.25, -0.2) is 0 Å². The van der Waals surface area contributed by atoms with Crippen molar-refractivity contribution in [1.82, 2.24) is 0 Å². The fourth-order valence-corrected chi connectivity index (χ4v) is 0. The van der Waals surface area contributed by atoms with Gasteiger partial charge in [-0.05, 0) is 0 Å².